The van der Waals surface area contributed by atoms with E-state index in [1.165, 1.54) is 4.90 Å². The first-order valence-electron chi connectivity index (χ1n) is 13.1. The molecule has 2 N–H and O–H groups in total. The number of aliphatic imine (C=N–C) groups is 4. The SMILES string of the molecule is O=C([O-])CN(CCN(CC([O-])=NCc1ccc(N=C=S)cc1)C(=O)O)CCN(CC([O-])=NCc1ccc(N=C=S)cc1)C(=O)O. The van der Waals surface area contributed by atoms with Gasteiger partial charge in [-0.05, 0) is 71.6 Å². The topological polar surface area (TPSA) is 220 Å². The van der Waals surface area contributed by atoms with E-state index in [0.717, 1.165) is 9.80 Å². The molecule has 0 unspecified atom stereocenters. The zero-order chi connectivity index (χ0) is 33.2. The molecule has 238 valence electrons. The molecule has 15 nitrogen and oxygen atoms in total. The van der Waals surface area contributed by atoms with Gasteiger partial charge in [0.05, 0.1) is 53.8 Å². The maximum absolute atomic E-state index is 12.3. The van der Waals surface area contributed by atoms with Gasteiger partial charge in [-0.3, -0.25) is 14.9 Å². The third kappa shape index (κ3) is 14.3. The number of benzene rings is 2. The Labute approximate surface area is 268 Å². The van der Waals surface area contributed by atoms with E-state index in [1.807, 2.05) is 0 Å². The van der Waals surface area contributed by atoms with Crippen molar-refractivity contribution in [3.63, 3.8) is 0 Å². The molecule has 0 aliphatic heterocycles. The number of carboxylic acid groups (broad SMARTS) is 3. The molecule has 0 bridgehead atoms. The molecule has 0 spiro atoms. The molecule has 2 aromatic carbocycles. The van der Waals surface area contributed by atoms with Gasteiger partial charge in [0.1, 0.15) is 0 Å². The largest absolute Gasteiger partial charge is 0.861 e. The van der Waals surface area contributed by atoms with Gasteiger partial charge in [0.2, 0.25) is 0 Å². The van der Waals surface area contributed by atoms with E-state index < -0.39 is 49.6 Å². The Morgan fingerprint density at radius 3 is 1.33 bits per heavy atom. The lowest BCUT2D eigenvalue weighted by molar-refractivity contribution is -0.306. The van der Waals surface area contributed by atoms with Crippen LogP contribution in [0.1, 0.15) is 11.1 Å². The maximum atomic E-state index is 12.3. The van der Waals surface area contributed by atoms with Crippen LogP contribution in [0.5, 0.6) is 0 Å². The highest BCUT2D eigenvalue weighted by atomic mass is 32.1. The van der Waals surface area contributed by atoms with Gasteiger partial charge >= 0.3 is 12.2 Å². The molecule has 0 aliphatic carbocycles. The van der Waals surface area contributed by atoms with Crippen molar-refractivity contribution in [3.8, 4) is 0 Å². The Morgan fingerprint density at radius 2 is 1.02 bits per heavy atom. The first-order chi connectivity index (χ1) is 21.5. The van der Waals surface area contributed by atoms with Crippen LogP contribution in [-0.2, 0) is 17.9 Å². The third-order valence-corrected chi connectivity index (χ3v) is 6.20. The average molecular weight is 655 g/mol. The van der Waals surface area contributed by atoms with Gasteiger partial charge in [0, 0.05) is 32.7 Å². The monoisotopic (exact) mass is 654 g/mol. The summed E-state index contributed by atoms with van der Waals surface area (Å²) in [5.74, 6) is -2.92. The molecule has 0 atom stereocenters. The van der Waals surface area contributed by atoms with Gasteiger partial charge < -0.3 is 40.1 Å². The Hall–Kier alpha value is -5.05. The van der Waals surface area contributed by atoms with Gasteiger partial charge in [-0.2, -0.15) is 9.98 Å². The van der Waals surface area contributed by atoms with Gasteiger partial charge in [-0.15, -0.1) is 0 Å². The molecule has 0 aromatic heterocycles. The lowest BCUT2D eigenvalue weighted by atomic mass is 10.2. The van der Waals surface area contributed by atoms with Crippen LogP contribution in [0.15, 0.2) is 68.5 Å². The Bertz CT molecular complexity index is 1370. The van der Waals surface area contributed by atoms with Crippen molar-refractivity contribution in [2.45, 2.75) is 13.1 Å². The lowest BCUT2D eigenvalue weighted by Gasteiger charge is -2.30. The second-order valence-electron chi connectivity index (χ2n) is 9.22. The second kappa shape index (κ2) is 19.3. The molecule has 2 rings (SSSR count). The summed E-state index contributed by atoms with van der Waals surface area (Å²) in [6, 6.07) is 13.3. The third-order valence-electron chi connectivity index (χ3n) is 6.02. The van der Waals surface area contributed by atoms with Gasteiger partial charge in [-0.25, -0.2) is 9.59 Å². The molecule has 45 heavy (non-hydrogen) atoms. The quantitative estimate of drug-likeness (QED) is 0.127. The molecule has 0 saturated heterocycles. The number of nitrogens with zero attached hydrogens (tertiary/aromatic N) is 7. The smallest absolute Gasteiger partial charge is 0.407 e. The Kier molecular flexibility index (Phi) is 15.5. The summed E-state index contributed by atoms with van der Waals surface area (Å²) in [5.41, 5.74) is 2.50. The molecule has 0 heterocycles. The van der Waals surface area contributed by atoms with E-state index in [4.69, 9.17) is 0 Å². The molecule has 0 radical (unpaired) electrons. The van der Waals surface area contributed by atoms with Gasteiger partial charge in [0.15, 0.2) is 0 Å². The minimum absolute atomic E-state index is 0.00356. The van der Waals surface area contributed by atoms with Crippen LogP contribution < -0.4 is 15.3 Å². The number of carbonyl (C=O) groups is 3. The van der Waals surface area contributed by atoms with Crippen LogP contribution in [-0.4, -0.2) is 111 Å². The van der Waals surface area contributed by atoms with Crippen molar-refractivity contribution in [2.24, 2.45) is 20.0 Å². The summed E-state index contributed by atoms with van der Waals surface area (Å²) < 4.78 is 0. The highest BCUT2D eigenvalue weighted by Gasteiger charge is 2.17. The van der Waals surface area contributed by atoms with E-state index >= 15 is 0 Å². The number of carboxylic acids is 1. The molecule has 0 aliphatic rings. The van der Waals surface area contributed by atoms with Crippen molar-refractivity contribution in [3.05, 3.63) is 59.7 Å². The summed E-state index contributed by atoms with van der Waals surface area (Å²) in [6.07, 6.45) is -2.87. The molecule has 0 fully saturated rings. The fourth-order valence-corrected chi connectivity index (χ4v) is 3.91. The Balaban J connectivity index is 1.96. The highest BCUT2D eigenvalue weighted by molar-refractivity contribution is 7.78. The van der Waals surface area contributed by atoms with Crippen molar-refractivity contribution in [1.29, 1.82) is 0 Å². The van der Waals surface area contributed by atoms with Crippen LogP contribution in [0.3, 0.4) is 0 Å². The van der Waals surface area contributed by atoms with Crippen molar-refractivity contribution in [1.82, 2.24) is 14.7 Å². The number of aliphatic carboxylic acids is 1. The van der Waals surface area contributed by atoms with Gasteiger partial charge in [0.25, 0.3) is 0 Å². The minimum atomic E-state index is -1.49. The molecule has 2 aromatic rings. The van der Waals surface area contributed by atoms with E-state index in [0.29, 0.717) is 22.5 Å². The second-order valence-corrected chi connectivity index (χ2v) is 9.58. The number of isothiocyanates is 2. The molecule has 17 heteroatoms. The average Bonchev–Trinajstić information content (AvgIpc) is 3.00. The number of hydrogen-bond acceptors (Lipinski definition) is 13. The molecular weight excluding hydrogens is 626 g/mol. The van der Waals surface area contributed by atoms with E-state index in [-0.39, 0.29) is 39.3 Å². The lowest BCUT2D eigenvalue weighted by Crippen LogP contribution is -2.49. The van der Waals surface area contributed by atoms with Crippen LogP contribution in [0, 0.1) is 0 Å². The maximum Gasteiger partial charge on any atom is 0.407 e. The van der Waals surface area contributed by atoms with Crippen LogP contribution >= 0.6 is 24.4 Å². The Morgan fingerprint density at radius 1 is 0.644 bits per heavy atom. The van der Waals surface area contributed by atoms with Crippen molar-refractivity contribution >= 4 is 76.1 Å². The predicted molar refractivity (Wildman–Crippen MR) is 165 cm³/mol. The molecular formula is C28H28N7O8S2-3. The van der Waals surface area contributed by atoms with E-state index in [9.17, 15) is 39.9 Å². The number of carbonyl (C=O) groups excluding carboxylic acids is 1. The van der Waals surface area contributed by atoms with Crippen molar-refractivity contribution in [2.75, 3.05) is 45.8 Å². The summed E-state index contributed by atoms with van der Waals surface area (Å²) in [5, 5.41) is 59.6. The number of rotatable bonds is 18. The first kappa shape index (κ1) is 36.1. The zero-order valence-electron chi connectivity index (χ0n) is 23.8. The van der Waals surface area contributed by atoms with Gasteiger partial charge in [-0.1, -0.05) is 24.3 Å². The molecule has 0 saturated carbocycles. The summed E-state index contributed by atoms with van der Waals surface area (Å²) in [4.78, 5) is 52.9. The fourth-order valence-electron chi connectivity index (χ4n) is 3.70. The van der Waals surface area contributed by atoms with E-state index in [2.05, 4.69) is 54.7 Å². The summed E-state index contributed by atoms with van der Waals surface area (Å²) in [7, 11) is 0. The predicted octanol–water partition coefficient (Wildman–Crippen LogP) is 0.385. The van der Waals surface area contributed by atoms with Crippen molar-refractivity contribution < 1.29 is 39.9 Å². The van der Waals surface area contributed by atoms with Crippen LogP contribution in [0.25, 0.3) is 0 Å². The van der Waals surface area contributed by atoms with Crippen LogP contribution in [0.4, 0.5) is 21.0 Å². The number of thiocarbonyl (C=S) groups is 2. The standard InChI is InChI=1S/C28H31N7O8S2/c36-24(29-13-20-1-5-22(6-2-20)31-18-44)15-34(27(40)41)11-9-33(17-26(38)39)10-12-35(28(42)43)16-25(37)30-14-21-3-7-23(8-4-21)32-19-45/h1-8H,9-17H2,(H,29,36)(H,30,37)(H,38,39)(H,40,41)(H,42,43)/p-3. The number of hydrogen-bond donors (Lipinski definition) is 2. The highest BCUT2D eigenvalue weighted by Crippen LogP contribution is 2.14. The van der Waals surface area contributed by atoms with Crippen LogP contribution in [0.2, 0.25) is 0 Å². The molecule has 2 amide bonds. The normalized spacial score (nSPS) is 11.3. The summed E-state index contributed by atoms with van der Waals surface area (Å²) in [6.45, 7) is -2.75. The zero-order valence-corrected chi connectivity index (χ0v) is 25.4. The fraction of sp³-hybridized carbons (Fsp3) is 0.321. The minimum Gasteiger partial charge on any atom is -0.861 e. The summed E-state index contributed by atoms with van der Waals surface area (Å²) >= 11 is 9.08. The number of amides is 2. The van der Waals surface area contributed by atoms with E-state index in [1.54, 1.807) is 48.5 Å². The first-order valence-corrected chi connectivity index (χ1v) is 13.9.